The maximum Gasteiger partial charge on any atom is 0.335 e. The number of benzene rings is 4. The summed E-state index contributed by atoms with van der Waals surface area (Å²) in [6.45, 7) is 0.471. The lowest BCUT2D eigenvalue weighted by Gasteiger charge is -2.25. The minimum absolute atomic E-state index is 0.0787. The molecule has 0 aliphatic rings. The lowest BCUT2D eigenvalue weighted by molar-refractivity contribution is -0.118. The van der Waals surface area contributed by atoms with Crippen LogP contribution in [0.1, 0.15) is 39.4 Å². The Balaban J connectivity index is 1.36. The van der Waals surface area contributed by atoms with Gasteiger partial charge in [-0.25, -0.2) is 18.2 Å². The highest BCUT2D eigenvalue weighted by Gasteiger charge is 2.26. The van der Waals surface area contributed by atoms with E-state index in [0.29, 0.717) is 45.8 Å². The summed E-state index contributed by atoms with van der Waals surface area (Å²) in [7, 11) is -3.42. The molecule has 5 rings (SSSR count). The number of nitrogens with one attached hydrogen (secondary N) is 3. The Morgan fingerprint density at radius 2 is 1.47 bits per heavy atom. The second kappa shape index (κ2) is 15.4. The van der Waals surface area contributed by atoms with Crippen LogP contribution in [0.15, 0.2) is 109 Å². The number of hydrogen-bond donors (Lipinski definition) is 4. The van der Waals surface area contributed by atoms with Crippen LogP contribution in [-0.4, -0.2) is 49.2 Å². The fourth-order valence-corrected chi connectivity index (χ4v) is 6.85. The van der Waals surface area contributed by atoms with Crippen molar-refractivity contribution in [1.82, 2.24) is 10.3 Å². The molecule has 0 fully saturated rings. The molecule has 0 bridgehead atoms. The van der Waals surface area contributed by atoms with Crippen molar-refractivity contribution >= 4 is 55.7 Å². The third-order valence-corrected chi connectivity index (χ3v) is 9.25. The van der Waals surface area contributed by atoms with E-state index in [4.69, 9.17) is 11.6 Å². The first-order valence-electron chi connectivity index (χ1n) is 14.8. The van der Waals surface area contributed by atoms with Crippen molar-refractivity contribution in [2.24, 2.45) is 0 Å². The molecule has 0 saturated carbocycles. The van der Waals surface area contributed by atoms with Crippen LogP contribution in [0.4, 0.5) is 10.8 Å². The molecule has 0 saturated heterocycles. The van der Waals surface area contributed by atoms with E-state index in [2.05, 4.69) is 44.6 Å². The van der Waals surface area contributed by atoms with Crippen molar-refractivity contribution in [3.05, 3.63) is 136 Å². The lowest BCUT2D eigenvalue weighted by Crippen LogP contribution is -2.42. The minimum Gasteiger partial charge on any atom is -0.478 e. The summed E-state index contributed by atoms with van der Waals surface area (Å²) in [5, 5.41) is 15.9. The van der Waals surface area contributed by atoms with Gasteiger partial charge in [0.2, 0.25) is 15.9 Å². The molecule has 1 amide bonds. The summed E-state index contributed by atoms with van der Waals surface area (Å²) in [6.07, 6.45) is 2.12. The van der Waals surface area contributed by atoms with Crippen LogP contribution in [0.3, 0.4) is 0 Å². The number of nitrogens with zero attached hydrogens (tertiary/aromatic N) is 1. The molecule has 12 heteroatoms. The highest BCUT2D eigenvalue weighted by Crippen LogP contribution is 2.36. The Morgan fingerprint density at radius 1 is 0.872 bits per heavy atom. The number of carbonyl (C=O) groups is 2. The second-order valence-corrected chi connectivity index (χ2v) is 14.3. The van der Waals surface area contributed by atoms with Gasteiger partial charge in [-0.2, -0.15) is 0 Å². The molecular weight excluding hydrogens is 656 g/mol. The van der Waals surface area contributed by atoms with Gasteiger partial charge in [0.15, 0.2) is 5.13 Å². The first-order chi connectivity index (χ1) is 22.6. The largest absolute Gasteiger partial charge is 0.478 e. The van der Waals surface area contributed by atoms with Gasteiger partial charge >= 0.3 is 5.97 Å². The van der Waals surface area contributed by atoms with Crippen LogP contribution in [0.25, 0.3) is 11.3 Å². The standard InChI is InChI=1S/C35H33ClN4O5S2/c1-47(44,45)40-28-18-16-26(17-19-28)31-32(36)46-35(38-31)39-33(41)30(37-21-20-23-12-14-27(15-13-23)34(42)43)22-29(24-8-4-2-5-9-24)25-10-6-3-7-11-25/h2-19,29-30,37,40H,20-22H2,1H3,(H,42,43)(H,38,39,41). The smallest absolute Gasteiger partial charge is 0.335 e. The van der Waals surface area contributed by atoms with Crippen LogP contribution >= 0.6 is 22.9 Å². The fourth-order valence-electron chi connectivity index (χ4n) is 5.19. The summed E-state index contributed by atoms with van der Waals surface area (Å²) in [5.41, 5.74) is 4.87. The summed E-state index contributed by atoms with van der Waals surface area (Å²) >= 11 is 7.70. The molecule has 47 heavy (non-hydrogen) atoms. The van der Waals surface area contributed by atoms with E-state index in [1.54, 1.807) is 48.5 Å². The number of hydrogen-bond acceptors (Lipinski definition) is 7. The van der Waals surface area contributed by atoms with Crippen molar-refractivity contribution in [2.45, 2.75) is 24.8 Å². The number of amides is 1. The van der Waals surface area contributed by atoms with Gasteiger partial charge in [-0.05, 0) is 60.3 Å². The molecule has 242 valence electrons. The molecule has 1 aromatic heterocycles. The predicted octanol–water partition coefficient (Wildman–Crippen LogP) is 6.89. The van der Waals surface area contributed by atoms with E-state index < -0.39 is 22.0 Å². The van der Waals surface area contributed by atoms with Crippen LogP contribution in [0.5, 0.6) is 0 Å². The Morgan fingerprint density at radius 3 is 2.02 bits per heavy atom. The first-order valence-corrected chi connectivity index (χ1v) is 17.9. The van der Waals surface area contributed by atoms with Gasteiger partial charge in [-0.3, -0.25) is 9.52 Å². The summed E-state index contributed by atoms with van der Waals surface area (Å²) in [5.74, 6) is -1.33. The Labute approximate surface area is 282 Å². The number of thiazole rings is 1. The third kappa shape index (κ3) is 9.49. The van der Waals surface area contributed by atoms with E-state index in [1.807, 2.05) is 36.4 Å². The zero-order chi connectivity index (χ0) is 33.4. The topological polar surface area (TPSA) is 137 Å². The van der Waals surface area contributed by atoms with E-state index in [-0.39, 0.29) is 17.4 Å². The quantitative estimate of drug-likeness (QED) is 0.0997. The number of carbonyl (C=O) groups excluding carboxylic acids is 1. The molecule has 9 nitrogen and oxygen atoms in total. The van der Waals surface area contributed by atoms with Gasteiger partial charge in [0, 0.05) is 17.2 Å². The molecule has 4 aromatic carbocycles. The van der Waals surface area contributed by atoms with Crippen molar-refractivity contribution in [3.63, 3.8) is 0 Å². The zero-order valence-electron chi connectivity index (χ0n) is 25.4. The predicted molar refractivity (Wildman–Crippen MR) is 188 cm³/mol. The lowest BCUT2D eigenvalue weighted by atomic mass is 9.85. The number of rotatable bonds is 14. The number of carboxylic acid groups (broad SMARTS) is 1. The molecule has 0 radical (unpaired) electrons. The van der Waals surface area contributed by atoms with Crippen molar-refractivity contribution in [1.29, 1.82) is 0 Å². The van der Waals surface area contributed by atoms with Crippen LogP contribution < -0.4 is 15.4 Å². The molecule has 0 aliphatic carbocycles. The monoisotopic (exact) mass is 688 g/mol. The van der Waals surface area contributed by atoms with Crippen LogP contribution in [0, 0.1) is 0 Å². The maximum atomic E-state index is 13.9. The van der Waals surface area contributed by atoms with E-state index in [1.165, 1.54) is 0 Å². The van der Waals surface area contributed by atoms with Gasteiger partial charge in [0.25, 0.3) is 0 Å². The van der Waals surface area contributed by atoms with E-state index in [0.717, 1.165) is 34.3 Å². The van der Waals surface area contributed by atoms with Crippen LogP contribution in [-0.2, 0) is 21.2 Å². The number of aromatic nitrogens is 1. The van der Waals surface area contributed by atoms with E-state index >= 15 is 0 Å². The zero-order valence-corrected chi connectivity index (χ0v) is 27.8. The average Bonchev–Trinajstić information content (AvgIpc) is 3.42. The van der Waals surface area contributed by atoms with Crippen molar-refractivity contribution in [3.8, 4) is 11.3 Å². The molecule has 1 unspecified atom stereocenters. The first kappa shape index (κ1) is 33.8. The highest BCUT2D eigenvalue weighted by atomic mass is 35.5. The Bertz CT molecular complexity index is 1880. The Kier molecular flexibility index (Phi) is 11.0. The number of anilines is 2. The number of halogens is 1. The highest BCUT2D eigenvalue weighted by molar-refractivity contribution is 7.92. The van der Waals surface area contributed by atoms with E-state index in [9.17, 15) is 23.1 Å². The normalized spacial score (nSPS) is 12.1. The minimum atomic E-state index is -3.42. The summed E-state index contributed by atoms with van der Waals surface area (Å²) in [4.78, 5) is 29.8. The third-order valence-electron chi connectivity index (χ3n) is 7.47. The van der Waals surface area contributed by atoms with Gasteiger partial charge in [0.1, 0.15) is 10.0 Å². The molecule has 5 aromatic rings. The average molecular weight is 689 g/mol. The number of sulfonamides is 1. The SMILES string of the molecule is CS(=O)(=O)Nc1ccc(-c2nc(NC(=O)C(CC(c3ccccc3)c3ccccc3)NCCc3ccc(C(=O)O)cc3)sc2Cl)cc1. The molecular formula is C35H33ClN4O5S2. The number of aromatic carboxylic acids is 1. The molecule has 1 heterocycles. The van der Waals surface area contributed by atoms with Crippen molar-refractivity contribution < 1.29 is 23.1 Å². The molecule has 0 spiro atoms. The summed E-state index contributed by atoms with van der Waals surface area (Å²) < 4.78 is 25.9. The molecule has 0 aliphatic heterocycles. The number of carboxylic acids is 1. The van der Waals surface area contributed by atoms with Gasteiger partial charge < -0.3 is 15.7 Å². The fraction of sp³-hybridized carbons (Fsp3) is 0.171. The summed E-state index contributed by atoms with van der Waals surface area (Å²) in [6, 6.07) is 32.8. The second-order valence-electron chi connectivity index (χ2n) is 11.0. The van der Waals surface area contributed by atoms with Crippen molar-refractivity contribution in [2.75, 3.05) is 22.8 Å². The van der Waals surface area contributed by atoms with Gasteiger partial charge in [0.05, 0.1) is 17.9 Å². The Hall–Kier alpha value is -4.55. The molecule has 4 N–H and O–H groups in total. The van der Waals surface area contributed by atoms with Gasteiger partial charge in [-0.15, -0.1) is 0 Å². The maximum absolute atomic E-state index is 13.9. The van der Waals surface area contributed by atoms with Gasteiger partial charge in [-0.1, -0.05) is 108 Å². The van der Waals surface area contributed by atoms with Crippen LogP contribution in [0.2, 0.25) is 4.34 Å². The molecule has 1 atom stereocenters.